The maximum absolute atomic E-state index is 14.4. The molecular weight excluding hydrogens is 494 g/mol. The second-order valence-corrected chi connectivity index (χ2v) is 10.9. The molecule has 2 aliphatic rings. The molecule has 3 aromatic rings. The minimum Gasteiger partial charge on any atom is -0.493 e. The number of piperidine rings is 1. The number of halogens is 2. The maximum Gasteiger partial charge on any atom is 0.328 e. The highest BCUT2D eigenvalue weighted by atomic mass is 32.2. The number of benzene rings is 2. The molecule has 0 spiro atoms. The lowest BCUT2D eigenvalue weighted by atomic mass is 9.77. The molecule has 3 heterocycles. The standard InChI is InChI=1S/C24H26F2N4O5S/c25-16-2-5-18(6-3-16)30-21-7-4-17(26)12-19(21)20-14-28(11-8-24(20,30)15-36(33,34)35)9-1-10-29-22(31)13-27-23(29)32/h2-7,12-13,20,31H,1,8-11,14-15H2,(H,27,32)(H,33,34,35)/t20-,24-/m0/s1. The molecule has 0 saturated carbocycles. The molecule has 5 rings (SSSR count). The number of anilines is 2. The summed E-state index contributed by atoms with van der Waals surface area (Å²) in [6.07, 6.45) is 2.10. The van der Waals surface area contributed by atoms with Crippen LogP contribution in [-0.2, 0) is 16.7 Å². The van der Waals surface area contributed by atoms with E-state index in [2.05, 4.69) is 9.88 Å². The van der Waals surface area contributed by atoms with E-state index in [0.29, 0.717) is 56.0 Å². The zero-order valence-corrected chi connectivity index (χ0v) is 20.1. The summed E-state index contributed by atoms with van der Waals surface area (Å²) in [5, 5.41) is 9.80. The quantitative estimate of drug-likeness (QED) is 0.410. The monoisotopic (exact) mass is 520 g/mol. The molecule has 0 amide bonds. The van der Waals surface area contributed by atoms with E-state index in [1.54, 1.807) is 23.1 Å². The van der Waals surface area contributed by atoms with E-state index in [4.69, 9.17) is 0 Å². The second-order valence-electron chi connectivity index (χ2n) is 9.41. The first kappa shape index (κ1) is 24.5. The lowest BCUT2D eigenvalue weighted by molar-refractivity contribution is 0.150. The van der Waals surface area contributed by atoms with Crippen LogP contribution in [0.3, 0.4) is 0 Å². The van der Waals surface area contributed by atoms with Crippen molar-refractivity contribution in [2.45, 2.75) is 30.8 Å². The van der Waals surface area contributed by atoms with Gasteiger partial charge in [0.1, 0.15) is 11.6 Å². The third-order valence-corrected chi connectivity index (χ3v) is 8.09. The Balaban J connectivity index is 1.49. The third kappa shape index (κ3) is 4.40. The van der Waals surface area contributed by atoms with Crippen molar-refractivity contribution in [2.75, 3.05) is 30.3 Å². The van der Waals surface area contributed by atoms with Crippen molar-refractivity contribution < 1.29 is 26.9 Å². The van der Waals surface area contributed by atoms with Crippen molar-refractivity contribution in [2.24, 2.45) is 0 Å². The van der Waals surface area contributed by atoms with Gasteiger partial charge in [0.05, 0.1) is 17.5 Å². The highest BCUT2D eigenvalue weighted by Gasteiger charge is 2.56. The van der Waals surface area contributed by atoms with Gasteiger partial charge in [0, 0.05) is 36.9 Å². The number of hydrogen-bond donors (Lipinski definition) is 3. The summed E-state index contributed by atoms with van der Waals surface area (Å²) in [5.74, 6) is -2.10. The number of aromatic nitrogens is 2. The van der Waals surface area contributed by atoms with Crippen LogP contribution in [0.25, 0.3) is 0 Å². The lowest BCUT2D eigenvalue weighted by Crippen LogP contribution is -2.59. The first-order valence-electron chi connectivity index (χ1n) is 11.6. The van der Waals surface area contributed by atoms with E-state index in [-0.39, 0.29) is 5.88 Å². The summed E-state index contributed by atoms with van der Waals surface area (Å²) in [4.78, 5) is 18.1. The predicted octanol–water partition coefficient (Wildman–Crippen LogP) is 2.82. The number of aromatic hydroxyl groups is 1. The summed E-state index contributed by atoms with van der Waals surface area (Å²) in [5.41, 5.74) is 0.266. The molecular formula is C24H26F2N4O5S. The molecule has 1 aromatic heterocycles. The Labute approximate surface area is 206 Å². The van der Waals surface area contributed by atoms with Crippen LogP contribution < -0.4 is 10.6 Å². The summed E-state index contributed by atoms with van der Waals surface area (Å²) < 4.78 is 63.8. The average Bonchev–Trinajstić information content (AvgIpc) is 3.27. The van der Waals surface area contributed by atoms with Gasteiger partial charge in [0.25, 0.3) is 10.1 Å². The van der Waals surface area contributed by atoms with Crippen LogP contribution in [0.15, 0.2) is 53.5 Å². The number of H-pyrrole nitrogens is 1. The molecule has 2 aromatic carbocycles. The molecule has 0 aliphatic carbocycles. The van der Waals surface area contributed by atoms with E-state index in [9.17, 15) is 31.7 Å². The van der Waals surface area contributed by atoms with E-state index in [1.165, 1.54) is 35.0 Å². The van der Waals surface area contributed by atoms with Crippen molar-refractivity contribution in [3.05, 3.63) is 76.3 Å². The average molecular weight is 521 g/mol. The minimum absolute atomic E-state index is 0.152. The smallest absolute Gasteiger partial charge is 0.328 e. The number of nitrogens with one attached hydrogen (secondary N) is 1. The number of likely N-dealkylation sites (tertiary alicyclic amines) is 1. The minimum atomic E-state index is -4.44. The van der Waals surface area contributed by atoms with Crippen molar-refractivity contribution in [1.82, 2.24) is 14.5 Å². The van der Waals surface area contributed by atoms with Crippen molar-refractivity contribution in [1.29, 1.82) is 0 Å². The van der Waals surface area contributed by atoms with Gasteiger partial charge in [-0.1, -0.05) is 0 Å². The maximum atomic E-state index is 14.4. The van der Waals surface area contributed by atoms with Gasteiger partial charge in [-0.25, -0.2) is 13.6 Å². The van der Waals surface area contributed by atoms with Crippen LogP contribution in [0.1, 0.15) is 24.3 Å². The first-order valence-corrected chi connectivity index (χ1v) is 13.2. The molecule has 2 aliphatic heterocycles. The number of fused-ring (bicyclic) bond motifs is 3. The molecule has 0 unspecified atom stereocenters. The Hall–Kier alpha value is -3.22. The van der Waals surface area contributed by atoms with Gasteiger partial charge in [-0.15, -0.1) is 0 Å². The van der Waals surface area contributed by atoms with Gasteiger partial charge in [0.15, 0.2) is 0 Å². The Morgan fingerprint density at radius 2 is 1.81 bits per heavy atom. The van der Waals surface area contributed by atoms with Gasteiger partial charge in [0.2, 0.25) is 5.88 Å². The molecule has 1 saturated heterocycles. The van der Waals surface area contributed by atoms with Crippen LogP contribution in [0.5, 0.6) is 5.88 Å². The van der Waals surface area contributed by atoms with Crippen molar-refractivity contribution in [3.63, 3.8) is 0 Å². The van der Waals surface area contributed by atoms with Crippen LogP contribution in [0.4, 0.5) is 20.2 Å². The fourth-order valence-electron chi connectivity index (χ4n) is 5.75. The molecule has 192 valence electrons. The predicted molar refractivity (Wildman–Crippen MR) is 129 cm³/mol. The van der Waals surface area contributed by atoms with Gasteiger partial charge in [-0.2, -0.15) is 8.42 Å². The number of rotatable bonds is 7. The highest BCUT2D eigenvalue weighted by molar-refractivity contribution is 7.85. The van der Waals surface area contributed by atoms with E-state index in [1.807, 2.05) is 0 Å². The second kappa shape index (κ2) is 9.02. The largest absolute Gasteiger partial charge is 0.493 e. The van der Waals surface area contributed by atoms with Crippen LogP contribution in [-0.4, -0.2) is 63.5 Å². The molecule has 1 fully saturated rings. The lowest BCUT2D eigenvalue weighted by Gasteiger charge is -2.49. The number of imidazole rings is 1. The molecule has 3 N–H and O–H groups in total. The van der Waals surface area contributed by atoms with Gasteiger partial charge in [-0.05, 0) is 67.4 Å². The van der Waals surface area contributed by atoms with Crippen LogP contribution >= 0.6 is 0 Å². The number of hydrogen-bond acceptors (Lipinski definition) is 6. The Morgan fingerprint density at radius 3 is 2.47 bits per heavy atom. The van der Waals surface area contributed by atoms with E-state index < -0.39 is 44.7 Å². The zero-order valence-electron chi connectivity index (χ0n) is 19.3. The summed E-state index contributed by atoms with van der Waals surface area (Å²) in [6.45, 7) is 1.71. The molecule has 36 heavy (non-hydrogen) atoms. The van der Waals surface area contributed by atoms with Crippen LogP contribution in [0, 0.1) is 11.6 Å². The molecule has 12 heteroatoms. The van der Waals surface area contributed by atoms with E-state index in [0.717, 1.165) is 0 Å². The fraction of sp³-hybridized carbons (Fsp3) is 0.375. The molecule has 0 bridgehead atoms. The van der Waals surface area contributed by atoms with E-state index >= 15 is 0 Å². The normalized spacial score (nSPS) is 22.0. The Morgan fingerprint density at radius 1 is 1.08 bits per heavy atom. The first-order chi connectivity index (χ1) is 17.1. The molecule has 0 radical (unpaired) electrons. The Bertz CT molecular complexity index is 1440. The topological polar surface area (TPSA) is 119 Å². The number of nitrogens with zero attached hydrogens (tertiary/aromatic N) is 3. The molecule has 2 atom stereocenters. The zero-order chi connectivity index (χ0) is 25.7. The van der Waals surface area contributed by atoms with Crippen LogP contribution in [0.2, 0.25) is 0 Å². The highest BCUT2D eigenvalue weighted by Crippen LogP contribution is 2.55. The van der Waals surface area contributed by atoms with Crippen molar-refractivity contribution in [3.8, 4) is 5.88 Å². The van der Waals surface area contributed by atoms with Gasteiger partial charge < -0.3 is 19.9 Å². The number of aromatic amines is 1. The Kier molecular flexibility index (Phi) is 6.13. The van der Waals surface area contributed by atoms with Crippen molar-refractivity contribution >= 4 is 21.5 Å². The summed E-state index contributed by atoms with van der Waals surface area (Å²) >= 11 is 0. The van der Waals surface area contributed by atoms with Gasteiger partial charge in [-0.3, -0.25) is 9.12 Å². The van der Waals surface area contributed by atoms with Gasteiger partial charge >= 0.3 is 5.69 Å². The summed E-state index contributed by atoms with van der Waals surface area (Å²) in [7, 11) is -4.44. The fourth-order valence-corrected chi connectivity index (χ4v) is 6.85. The molecule has 9 nitrogen and oxygen atoms in total. The SMILES string of the molecule is O=c1[nH]cc(O)n1CCCN1CC[C@]2(CS(=O)(=O)O)[C@@H](C1)c1cc(F)ccc1N2c1ccc(F)cc1. The summed E-state index contributed by atoms with van der Waals surface area (Å²) in [6, 6.07) is 9.93. The third-order valence-electron chi connectivity index (χ3n) is 7.22.